The summed E-state index contributed by atoms with van der Waals surface area (Å²) in [6, 6.07) is 19.5. The van der Waals surface area contributed by atoms with Gasteiger partial charge in [-0.2, -0.15) is 20.4 Å². The SMILES string of the molecule is Cc1nn(-c2ccccc2)c([O-])c1N=Nc1cc([N+](=O)[O-])cc(S(=O)(=O)[O-])c1[O-].O=S(=O)([O-])c1ccc(N=Nc2ccc([O-])c(C=Nc3cc(Cl)cc(S(=O)(=O)[O-])c3[O-])c2)cc1.[Cr+3].[Na+].[Na+].[Na+].[Na+]. The Labute approximate surface area is 484 Å². The Morgan fingerprint density at radius 2 is 1.19 bits per heavy atom. The molecule has 0 saturated carbocycles. The van der Waals surface area contributed by atoms with Crippen LogP contribution in [-0.2, 0) is 47.7 Å². The van der Waals surface area contributed by atoms with Crippen LogP contribution in [0.15, 0.2) is 137 Å². The van der Waals surface area contributed by atoms with Crippen molar-refractivity contribution >= 4 is 82.3 Å². The Morgan fingerprint density at radius 3 is 1.75 bits per heavy atom. The zero-order valence-corrected chi connectivity index (χ0v) is 47.5. The number of nitro benzene ring substituents is 1. The minimum absolute atomic E-state index is 0. The van der Waals surface area contributed by atoms with E-state index in [4.69, 9.17) is 11.6 Å². The van der Waals surface area contributed by atoms with Crippen molar-refractivity contribution in [3.8, 4) is 28.8 Å². The number of para-hydroxylation sites is 1. The summed E-state index contributed by atoms with van der Waals surface area (Å²) in [5.41, 5.74) is -1.36. The van der Waals surface area contributed by atoms with Crippen LogP contribution in [0.3, 0.4) is 0 Å². The topological polar surface area (TPSA) is 387 Å². The van der Waals surface area contributed by atoms with Gasteiger partial charge in [0.1, 0.15) is 36.0 Å². The normalized spacial score (nSPS) is 11.3. The second kappa shape index (κ2) is 27.1. The molecular weight excluding hydrogens is 1050 g/mol. The fourth-order valence-corrected chi connectivity index (χ4v) is 6.82. The maximum absolute atomic E-state index is 12.5. The molecule has 1 radical (unpaired) electrons. The number of aromatic nitrogens is 2. The van der Waals surface area contributed by atoms with E-state index in [1.54, 1.807) is 30.3 Å². The van der Waals surface area contributed by atoms with Crippen LogP contribution in [0.4, 0.5) is 34.1 Å². The predicted octanol–water partition coefficient (Wildman–Crippen LogP) is -7.97. The molecule has 0 saturated heterocycles. The first kappa shape index (κ1) is 64.3. The van der Waals surface area contributed by atoms with Gasteiger partial charge in [0.25, 0.3) is 5.69 Å². The molecule has 0 spiro atoms. The molecule has 0 atom stereocenters. The van der Waals surface area contributed by atoms with Crippen LogP contribution >= 0.6 is 11.6 Å². The number of aliphatic imine (C=N–C) groups is 1. The molecule has 23 nitrogen and oxygen atoms in total. The number of hydrogen-bond donors (Lipinski definition) is 0. The van der Waals surface area contributed by atoms with Crippen molar-refractivity contribution in [2.24, 2.45) is 25.4 Å². The molecule has 0 aliphatic rings. The molecule has 0 fully saturated rings. The van der Waals surface area contributed by atoms with E-state index < -0.39 is 90.2 Å². The molecule has 0 aliphatic heterocycles. The first-order chi connectivity index (χ1) is 28.9. The van der Waals surface area contributed by atoms with E-state index in [9.17, 15) is 69.5 Å². The Balaban J connectivity index is 0.00000122. The van der Waals surface area contributed by atoms with E-state index in [2.05, 4.69) is 30.5 Å². The number of benzene rings is 5. The number of non-ortho nitro benzene ring substituents is 1. The molecule has 0 amide bonds. The van der Waals surface area contributed by atoms with Gasteiger partial charge in [-0.1, -0.05) is 53.1 Å². The van der Waals surface area contributed by atoms with Crippen molar-refractivity contribution in [2.45, 2.75) is 21.6 Å². The van der Waals surface area contributed by atoms with Crippen LogP contribution in [0.1, 0.15) is 11.3 Å². The summed E-state index contributed by atoms with van der Waals surface area (Å²) in [5.74, 6) is -3.71. The van der Waals surface area contributed by atoms with Crippen molar-refractivity contribution in [1.82, 2.24) is 9.78 Å². The van der Waals surface area contributed by atoms with E-state index >= 15 is 0 Å². The van der Waals surface area contributed by atoms with Gasteiger partial charge in [0, 0.05) is 29.2 Å². The molecule has 6 rings (SSSR count). The van der Waals surface area contributed by atoms with Crippen LogP contribution in [0.25, 0.3) is 5.69 Å². The number of aryl methyl sites for hydroxylation is 1. The molecule has 5 aromatic carbocycles. The summed E-state index contributed by atoms with van der Waals surface area (Å²) in [6.45, 7) is 1.45. The third-order valence-corrected chi connectivity index (χ3v) is 10.5. The zero-order chi connectivity index (χ0) is 45.7. The van der Waals surface area contributed by atoms with Crippen LogP contribution in [0.2, 0.25) is 5.02 Å². The largest absolute Gasteiger partial charge is 3.00 e. The van der Waals surface area contributed by atoms with Crippen molar-refractivity contribution in [1.29, 1.82) is 0 Å². The maximum atomic E-state index is 12.5. The van der Waals surface area contributed by atoms with Gasteiger partial charge in [0.15, 0.2) is 0 Å². The Bertz CT molecular complexity index is 3180. The number of nitro groups is 1. The number of hydrogen-bond acceptors (Lipinski definition) is 21. The molecule has 32 heteroatoms. The maximum Gasteiger partial charge on any atom is 3.00 e. The molecule has 0 N–H and O–H groups in total. The van der Waals surface area contributed by atoms with Crippen LogP contribution in [0, 0.1) is 17.0 Å². The summed E-state index contributed by atoms with van der Waals surface area (Å²) in [4.78, 5) is 10.9. The fraction of sp³-hybridized carbons (Fsp3) is 0.0286. The molecule has 0 aliphatic carbocycles. The summed E-state index contributed by atoms with van der Waals surface area (Å²) >= 11 is 5.74. The number of rotatable bonds is 11. The second-order valence-corrected chi connectivity index (χ2v) is 16.5. The van der Waals surface area contributed by atoms with Crippen LogP contribution < -0.4 is 139 Å². The molecule has 0 bridgehead atoms. The molecule has 0 unspecified atom stereocenters. The van der Waals surface area contributed by atoms with E-state index in [0.29, 0.717) is 23.9 Å². The van der Waals surface area contributed by atoms with Gasteiger partial charge in [-0.05, 0) is 73.2 Å². The molecule has 1 heterocycles. The van der Waals surface area contributed by atoms with Gasteiger partial charge in [-0.3, -0.25) is 15.1 Å². The summed E-state index contributed by atoms with van der Waals surface area (Å²) in [6.07, 6.45) is 0.976. The molecule has 67 heavy (non-hydrogen) atoms. The van der Waals surface area contributed by atoms with Gasteiger partial charge in [0.05, 0.1) is 53.7 Å². The summed E-state index contributed by atoms with van der Waals surface area (Å²) in [7, 11) is -15.0. The van der Waals surface area contributed by atoms with Gasteiger partial charge < -0.3 is 34.1 Å². The van der Waals surface area contributed by atoms with E-state index in [0.717, 1.165) is 35.2 Å². The molecular formula is C35H20ClCrN8Na4O15S3. The van der Waals surface area contributed by atoms with Crippen molar-refractivity contribution < 1.29 is 200 Å². The standard InChI is InChI=1S/C19H14ClN3O8S2.C16H13N5O7S.Cr.4Na/c20-12-8-16(19(25)18(9-12)33(29,30)31)21-10-11-7-14(3-6-17(11)24)23-22-13-1-4-15(5-2-13)32(26,27)28;1-9-14(16(23)20(19-9)10-5-3-2-4-6-10)18-17-12-7-11(21(24)25)8-13(15(12)22)29(26,27)28;;;;;/h1-10,24-25H,(H,26,27,28)(H,29,30,31);2-8,22-23H,1H3,(H,26,27,28);;;;;/q;;+3;4*+1/p-7. The second-order valence-electron chi connectivity index (χ2n) is 12.0. The van der Waals surface area contributed by atoms with Gasteiger partial charge in [0.2, 0.25) is 0 Å². The van der Waals surface area contributed by atoms with E-state index in [1.807, 2.05) is 0 Å². The third-order valence-electron chi connectivity index (χ3n) is 7.76. The molecule has 325 valence electrons. The first-order valence-corrected chi connectivity index (χ1v) is 21.0. The van der Waals surface area contributed by atoms with Crippen LogP contribution in [-0.4, -0.2) is 59.8 Å². The van der Waals surface area contributed by atoms with Gasteiger partial charge >= 0.3 is 136 Å². The fourth-order valence-electron chi connectivity index (χ4n) is 4.87. The van der Waals surface area contributed by atoms with E-state index in [1.165, 1.54) is 31.2 Å². The Hall–Kier alpha value is -2.67. The number of azo groups is 2. The minimum Gasteiger partial charge on any atom is -0.872 e. The third kappa shape index (κ3) is 17.3. The molecule has 6 aromatic rings. The summed E-state index contributed by atoms with van der Waals surface area (Å²) in [5, 5.41) is 78.5. The first-order valence-electron chi connectivity index (χ1n) is 16.4. The van der Waals surface area contributed by atoms with E-state index in [-0.39, 0.29) is 169 Å². The van der Waals surface area contributed by atoms with Gasteiger partial charge in [-0.15, -0.1) is 5.11 Å². The van der Waals surface area contributed by atoms with Gasteiger partial charge in [-0.25, -0.2) is 29.9 Å². The number of nitrogens with zero attached hydrogens (tertiary/aromatic N) is 8. The number of halogens is 1. The quantitative estimate of drug-likeness (QED) is 0.0290. The smallest absolute Gasteiger partial charge is 0.872 e. The average Bonchev–Trinajstić information content (AvgIpc) is 3.48. The Kier molecular flexibility index (Phi) is 26.0. The molecule has 1 aromatic heterocycles. The minimum atomic E-state index is -5.29. The van der Waals surface area contributed by atoms with Crippen molar-refractivity contribution in [3.05, 3.63) is 123 Å². The summed E-state index contributed by atoms with van der Waals surface area (Å²) < 4.78 is 101. The zero-order valence-electron chi connectivity index (χ0n) is 35.0. The van der Waals surface area contributed by atoms with Crippen molar-refractivity contribution in [2.75, 3.05) is 0 Å². The van der Waals surface area contributed by atoms with Crippen molar-refractivity contribution in [3.63, 3.8) is 0 Å². The predicted molar refractivity (Wildman–Crippen MR) is 203 cm³/mol. The Morgan fingerprint density at radius 1 is 0.657 bits per heavy atom. The average molecular weight is 1070 g/mol. The monoisotopic (exact) mass is 1070 g/mol. The van der Waals surface area contributed by atoms with Crippen LogP contribution in [0.5, 0.6) is 23.1 Å².